The Kier molecular flexibility index (Phi) is 4.60. The molecule has 0 saturated carbocycles. The van der Waals surface area contributed by atoms with Crippen molar-refractivity contribution in [2.75, 3.05) is 10.5 Å². The summed E-state index contributed by atoms with van der Waals surface area (Å²) in [7, 11) is -4.08. The molecule has 0 fully saturated rings. The summed E-state index contributed by atoms with van der Waals surface area (Å²) in [4.78, 5) is -0.488. The lowest BCUT2D eigenvalue weighted by Crippen LogP contribution is -2.15. The maximum Gasteiger partial charge on any atom is 0.264 e. The molecule has 21 heavy (non-hydrogen) atoms. The first kappa shape index (κ1) is 16.3. The third-order valence-corrected chi connectivity index (χ3v) is 5.35. The standard InChI is InChI=1S/C13H11Br2FN2O2S/c1-7-4-10(16)13(6-11(7)17)21(19,20)18-12-5-8(14)2-3-9(12)15/h2-6,18H,17H2,1H3. The van der Waals surface area contributed by atoms with Crippen molar-refractivity contribution >= 4 is 53.3 Å². The number of anilines is 2. The van der Waals surface area contributed by atoms with Crippen LogP contribution in [0.15, 0.2) is 44.2 Å². The van der Waals surface area contributed by atoms with Crippen molar-refractivity contribution in [3.05, 3.63) is 50.7 Å². The Labute approximate surface area is 138 Å². The highest BCUT2D eigenvalue weighted by Crippen LogP contribution is 2.29. The van der Waals surface area contributed by atoms with Gasteiger partial charge in [0.2, 0.25) is 0 Å². The first-order valence-electron chi connectivity index (χ1n) is 5.74. The number of rotatable bonds is 3. The van der Waals surface area contributed by atoms with E-state index in [9.17, 15) is 12.8 Å². The highest BCUT2D eigenvalue weighted by molar-refractivity contribution is 9.11. The highest BCUT2D eigenvalue weighted by atomic mass is 79.9. The summed E-state index contributed by atoms with van der Waals surface area (Å²) in [5, 5.41) is 0. The average Bonchev–Trinajstić information content (AvgIpc) is 2.37. The van der Waals surface area contributed by atoms with Gasteiger partial charge in [0, 0.05) is 14.6 Å². The van der Waals surface area contributed by atoms with Gasteiger partial charge in [-0.15, -0.1) is 0 Å². The minimum absolute atomic E-state index is 0.213. The van der Waals surface area contributed by atoms with Crippen molar-refractivity contribution in [1.82, 2.24) is 0 Å². The molecule has 2 aromatic carbocycles. The summed E-state index contributed by atoms with van der Waals surface area (Å²) in [6.07, 6.45) is 0. The number of hydrogen-bond acceptors (Lipinski definition) is 3. The van der Waals surface area contributed by atoms with Crippen LogP contribution >= 0.6 is 31.9 Å². The minimum atomic E-state index is -4.08. The van der Waals surface area contributed by atoms with Crippen LogP contribution in [0, 0.1) is 12.7 Å². The van der Waals surface area contributed by atoms with E-state index < -0.39 is 20.7 Å². The van der Waals surface area contributed by atoms with Crippen LogP contribution in [0.3, 0.4) is 0 Å². The lowest BCUT2D eigenvalue weighted by atomic mass is 10.2. The zero-order chi connectivity index (χ0) is 15.8. The van der Waals surface area contributed by atoms with Crippen molar-refractivity contribution in [1.29, 1.82) is 0 Å². The van der Waals surface area contributed by atoms with E-state index in [0.29, 0.717) is 20.2 Å². The highest BCUT2D eigenvalue weighted by Gasteiger charge is 2.21. The average molecular weight is 438 g/mol. The van der Waals surface area contributed by atoms with Gasteiger partial charge in [-0.1, -0.05) is 15.9 Å². The lowest BCUT2D eigenvalue weighted by molar-refractivity contribution is 0.570. The molecule has 2 aromatic rings. The first-order chi connectivity index (χ1) is 9.70. The van der Waals surface area contributed by atoms with Crippen LogP contribution in [-0.2, 0) is 10.0 Å². The van der Waals surface area contributed by atoms with Crippen molar-refractivity contribution < 1.29 is 12.8 Å². The van der Waals surface area contributed by atoms with E-state index in [4.69, 9.17) is 5.73 Å². The number of nitrogen functional groups attached to an aromatic ring is 1. The molecule has 0 bridgehead atoms. The van der Waals surface area contributed by atoms with Gasteiger partial charge < -0.3 is 5.73 Å². The van der Waals surface area contributed by atoms with Gasteiger partial charge in [-0.3, -0.25) is 4.72 Å². The predicted molar refractivity (Wildman–Crippen MR) is 88.2 cm³/mol. The SMILES string of the molecule is Cc1cc(F)c(S(=O)(=O)Nc2cc(Br)ccc2Br)cc1N. The molecule has 0 amide bonds. The summed E-state index contributed by atoms with van der Waals surface area (Å²) >= 11 is 6.48. The van der Waals surface area contributed by atoms with Gasteiger partial charge in [-0.25, -0.2) is 12.8 Å². The van der Waals surface area contributed by atoms with Crippen LogP contribution < -0.4 is 10.5 Å². The zero-order valence-corrected chi connectivity index (χ0v) is 14.8. The van der Waals surface area contributed by atoms with E-state index >= 15 is 0 Å². The molecule has 0 aliphatic heterocycles. The molecule has 0 aromatic heterocycles. The Morgan fingerprint density at radius 2 is 1.86 bits per heavy atom. The van der Waals surface area contributed by atoms with Crippen LogP contribution in [0.1, 0.15) is 5.56 Å². The molecule has 3 N–H and O–H groups in total. The summed E-state index contributed by atoms with van der Waals surface area (Å²) < 4.78 is 42.1. The van der Waals surface area contributed by atoms with Crippen LogP contribution in [0.5, 0.6) is 0 Å². The normalized spacial score (nSPS) is 11.4. The second kappa shape index (κ2) is 5.94. The molecular formula is C13H11Br2FN2O2S. The number of sulfonamides is 1. The van der Waals surface area contributed by atoms with Crippen LogP contribution in [0.4, 0.5) is 15.8 Å². The molecule has 0 aliphatic rings. The van der Waals surface area contributed by atoms with E-state index in [1.807, 2.05) is 0 Å². The van der Waals surface area contributed by atoms with Gasteiger partial charge in [0.05, 0.1) is 5.69 Å². The second-order valence-corrected chi connectivity index (χ2v) is 7.79. The maximum atomic E-state index is 13.9. The Balaban J connectivity index is 2.48. The van der Waals surface area contributed by atoms with E-state index in [2.05, 4.69) is 36.6 Å². The molecule has 8 heteroatoms. The number of hydrogen-bond donors (Lipinski definition) is 2. The van der Waals surface area contributed by atoms with Crippen LogP contribution in [-0.4, -0.2) is 8.42 Å². The summed E-state index contributed by atoms with van der Waals surface area (Å²) in [6, 6.07) is 7.18. The minimum Gasteiger partial charge on any atom is -0.398 e. The molecule has 2 rings (SSSR count). The molecule has 0 saturated heterocycles. The van der Waals surface area contributed by atoms with E-state index in [-0.39, 0.29) is 5.69 Å². The van der Waals surface area contributed by atoms with Gasteiger partial charge >= 0.3 is 0 Å². The number of nitrogens with two attached hydrogens (primary N) is 1. The van der Waals surface area contributed by atoms with Gasteiger partial charge in [0.25, 0.3) is 10.0 Å². The molecule has 112 valence electrons. The third kappa shape index (κ3) is 3.56. The van der Waals surface area contributed by atoms with Gasteiger partial charge in [-0.2, -0.15) is 0 Å². The smallest absolute Gasteiger partial charge is 0.264 e. The van der Waals surface area contributed by atoms with Crippen LogP contribution in [0.2, 0.25) is 0 Å². The van der Waals surface area contributed by atoms with Gasteiger partial charge in [-0.05, 0) is 58.7 Å². The van der Waals surface area contributed by atoms with E-state index in [1.54, 1.807) is 25.1 Å². The monoisotopic (exact) mass is 436 g/mol. The molecular weight excluding hydrogens is 427 g/mol. The lowest BCUT2D eigenvalue weighted by Gasteiger charge is -2.12. The fraction of sp³-hybridized carbons (Fsp3) is 0.0769. The number of benzene rings is 2. The van der Waals surface area contributed by atoms with Crippen molar-refractivity contribution in [2.45, 2.75) is 11.8 Å². The maximum absolute atomic E-state index is 13.9. The van der Waals surface area contributed by atoms with E-state index in [0.717, 1.165) is 12.1 Å². The topological polar surface area (TPSA) is 72.2 Å². The molecule has 0 unspecified atom stereocenters. The molecule has 4 nitrogen and oxygen atoms in total. The number of halogens is 3. The van der Waals surface area contributed by atoms with Gasteiger partial charge in [0.1, 0.15) is 10.7 Å². The van der Waals surface area contributed by atoms with Gasteiger partial charge in [0.15, 0.2) is 0 Å². The molecule has 0 heterocycles. The number of nitrogens with one attached hydrogen (secondary N) is 1. The largest absolute Gasteiger partial charge is 0.398 e. The molecule has 0 radical (unpaired) electrons. The van der Waals surface area contributed by atoms with E-state index in [1.165, 1.54) is 0 Å². The van der Waals surface area contributed by atoms with Crippen molar-refractivity contribution in [2.24, 2.45) is 0 Å². The summed E-state index contributed by atoms with van der Waals surface area (Å²) in [5.74, 6) is -0.847. The van der Waals surface area contributed by atoms with Crippen molar-refractivity contribution in [3.8, 4) is 0 Å². The Morgan fingerprint density at radius 3 is 2.52 bits per heavy atom. The van der Waals surface area contributed by atoms with Crippen molar-refractivity contribution in [3.63, 3.8) is 0 Å². The van der Waals surface area contributed by atoms with Crippen LogP contribution in [0.25, 0.3) is 0 Å². The molecule has 0 aliphatic carbocycles. The zero-order valence-electron chi connectivity index (χ0n) is 10.8. The molecule has 0 spiro atoms. The second-order valence-electron chi connectivity index (χ2n) is 4.37. The summed E-state index contributed by atoms with van der Waals surface area (Å²) in [5.41, 5.74) is 6.65. The predicted octanol–water partition coefficient (Wildman–Crippen LogP) is 4.04. The quantitative estimate of drug-likeness (QED) is 0.711. The fourth-order valence-electron chi connectivity index (χ4n) is 1.65. The molecule has 0 atom stereocenters. The Bertz CT molecular complexity index is 810. The first-order valence-corrected chi connectivity index (χ1v) is 8.81. The fourth-order valence-corrected chi connectivity index (χ4v) is 3.65. The summed E-state index contributed by atoms with van der Waals surface area (Å²) in [6.45, 7) is 1.60. The Hall–Kier alpha value is -1.12. The number of aryl methyl sites for hydroxylation is 1. The third-order valence-electron chi connectivity index (χ3n) is 2.78. The Morgan fingerprint density at radius 1 is 1.19 bits per heavy atom.